The lowest BCUT2D eigenvalue weighted by molar-refractivity contribution is -0.157. The van der Waals surface area contributed by atoms with Gasteiger partial charge in [0, 0.05) is 19.6 Å². The van der Waals surface area contributed by atoms with Crippen LogP contribution in [0.25, 0.3) is 0 Å². The minimum absolute atomic E-state index is 0.150. The zero-order valence-corrected chi connectivity index (χ0v) is 16.4. The molecular formula is C20H30N2O5. The second kappa shape index (κ2) is 10.3. The van der Waals surface area contributed by atoms with Gasteiger partial charge in [0.05, 0.1) is 13.2 Å². The van der Waals surface area contributed by atoms with Crippen molar-refractivity contribution in [2.75, 3.05) is 32.8 Å². The molecule has 1 fully saturated rings. The fourth-order valence-electron chi connectivity index (χ4n) is 2.67. The second-order valence-corrected chi connectivity index (χ2v) is 7.53. The van der Waals surface area contributed by atoms with Crippen molar-refractivity contribution in [1.82, 2.24) is 10.2 Å². The van der Waals surface area contributed by atoms with E-state index in [4.69, 9.17) is 14.2 Å². The summed E-state index contributed by atoms with van der Waals surface area (Å²) >= 11 is 0. The van der Waals surface area contributed by atoms with Crippen LogP contribution in [0.5, 0.6) is 0 Å². The van der Waals surface area contributed by atoms with Crippen molar-refractivity contribution in [1.29, 1.82) is 0 Å². The number of ether oxygens (including phenoxy) is 3. The fraction of sp³-hybridized carbons (Fsp3) is 0.600. The lowest BCUT2D eigenvalue weighted by Crippen LogP contribution is -2.47. The minimum Gasteiger partial charge on any atom is -0.458 e. The molecule has 0 bridgehead atoms. The molecule has 1 saturated heterocycles. The van der Waals surface area contributed by atoms with Crippen LogP contribution in [0.15, 0.2) is 30.3 Å². The first-order chi connectivity index (χ1) is 12.8. The summed E-state index contributed by atoms with van der Waals surface area (Å²) in [6.45, 7) is 9.24. The Labute approximate surface area is 161 Å². The van der Waals surface area contributed by atoms with Crippen molar-refractivity contribution in [3.8, 4) is 0 Å². The summed E-state index contributed by atoms with van der Waals surface area (Å²) < 4.78 is 16.0. The third-order valence-electron chi connectivity index (χ3n) is 4.03. The number of hydrogen-bond acceptors (Lipinski definition) is 6. The van der Waals surface area contributed by atoms with Gasteiger partial charge in [-0.3, -0.25) is 4.90 Å². The van der Waals surface area contributed by atoms with Gasteiger partial charge in [-0.2, -0.15) is 0 Å². The molecule has 0 saturated carbocycles. The number of nitrogens with one attached hydrogen (secondary N) is 1. The van der Waals surface area contributed by atoms with Crippen LogP contribution in [0.4, 0.5) is 4.79 Å². The van der Waals surface area contributed by atoms with E-state index in [0.717, 1.165) is 18.7 Å². The number of carbonyl (C=O) groups is 2. The molecule has 7 heteroatoms. The third kappa shape index (κ3) is 8.41. The average Bonchev–Trinajstić information content (AvgIpc) is 2.63. The van der Waals surface area contributed by atoms with E-state index in [0.29, 0.717) is 26.2 Å². The molecule has 0 radical (unpaired) electrons. The van der Waals surface area contributed by atoms with E-state index < -0.39 is 23.7 Å². The third-order valence-corrected chi connectivity index (χ3v) is 4.03. The first kappa shape index (κ1) is 21.2. The highest BCUT2D eigenvalue weighted by atomic mass is 16.6. The van der Waals surface area contributed by atoms with Gasteiger partial charge in [-0.05, 0) is 32.8 Å². The number of rotatable bonds is 7. The van der Waals surface area contributed by atoms with E-state index in [1.165, 1.54) is 0 Å². The Morgan fingerprint density at radius 3 is 2.48 bits per heavy atom. The number of carbonyl (C=O) groups excluding carboxylic acids is 2. The maximum atomic E-state index is 12.5. The molecule has 150 valence electrons. The molecule has 7 nitrogen and oxygen atoms in total. The quantitative estimate of drug-likeness (QED) is 0.734. The van der Waals surface area contributed by atoms with Gasteiger partial charge >= 0.3 is 12.1 Å². The Hall–Kier alpha value is -2.12. The van der Waals surface area contributed by atoms with Gasteiger partial charge in [0.25, 0.3) is 0 Å². The molecule has 0 aliphatic carbocycles. The monoisotopic (exact) mass is 378 g/mol. The number of benzene rings is 1. The van der Waals surface area contributed by atoms with E-state index in [2.05, 4.69) is 10.2 Å². The molecule has 1 heterocycles. The van der Waals surface area contributed by atoms with Crippen molar-refractivity contribution in [3.05, 3.63) is 35.9 Å². The minimum atomic E-state index is -0.754. The highest BCUT2D eigenvalue weighted by Crippen LogP contribution is 2.11. The predicted molar refractivity (Wildman–Crippen MR) is 101 cm³/mol. The highest BCUT2D eigenvalue weighted by Gasteiger charge is 2.28. The van der Waals surface area contributed by atoms with Gasteiger partial charge in [0.15, 0.2) is 0 Å². The van der Waals surface area contributed by atoms with Crippen molar-refractivity contribution < 1.29 is 23.8 Å². The largest absolute Gasteiger partial charge is 0.458 e. The van der Waals surface area contributed by atoms with Gasteiger partial charge in [-0.1, -0.05) is 30.3 Å². The van der Waals surface area contributed by atoms with Crippen molar-refractivity contribution >= 4 is 12.1 Å². The van der Waals surface area contributed by atoms with Crippen LogP contribution in [-0.4, -0.2) is 61.5 Å². The van der Waals surface area contributed by atoms with E-state index in [1.807, 2.05) is 30.3 Å². The van der Waals surface area contributed by atoms with E-state index in [-0.39, 0.29) is 6.61 Å². The summed E-state index contributed by atoms with van der Waals surface area (Å²) in [5, 5.41) is 2.66. The van der Waals surface area contributed by atoms with Crippen LogP contribution < -0.4 is 5.32 Å². The first-order valence-electron chi connectivity index (χ1n) is 9.34. The molecule has 1 N–H and O–H groups in total. The Morgan fingerprint density at radius 1 is 1.19 bits per heavy atom. The predicted octanol–water partition coefficient (Wildman–Crippen LogP) is 2.35. The molecular weight excluding hydrogens is 348 g/mol. The molecule has 1 aliphatic heterocycles. The molecule has 1 aliphatic rings. The number of nitrogens with zero attached hydrogens (tertiary/aromatic N) is 1. The van der Waals surface area contributed by atoms with Crippen LogP contribution in [-0.2, 0) is 25.6 Å². The van der Waals surface area contributed by atoms with Crippen LogP contribution in [0.3, 0.4) is 0 Å². The smallest absolute Gasteiger partial charge is 0.408 e. The topological polar surface area (TPSA) is 77.1 Å². The van der Waals surface area contributed by atoms with Crippen molar-refractivity contribution in [3.63, 3.8) is 0 Å². The zero-order chi connectivity index (χ0) is 19.7. The van der Waals surface area contributed by atoms with Crippen molar-refractivity contribution in [2.45, 2.75) is 45.4 Å². The van der Waals surface area contributed by atoms with Crippen LogP contribution in [0.1, 0.15) is 32.8 Å². The van der Waals surface area contributed by atoms with Crippen LogP contribution in [0, 0.1) is 0 Å². The number of amides is 1. The Bertz CT molecular complexity index is 594. The Balaban J connectivity index is 1.88. The lowest BCUT2D eigenvalue weighted by atomic mass is 10.1. The molecule has 1 aromatic carbocycles. The molecule has 0 unspecified atom stereocenters. The van der Waals surface area contributed by atoms with Gasteiger partial charge in [-0.25, -0.2) is 9.59 Å². The van der Waals surface area contributed by atoms with Crippen molar-refractivity contribution in [2.24, 2.45) is 0 Å². The first-order valence-corrected chi connectivity index (χ1v) is 9.34. The summed E-state index contributed by atoms with van der Waals surface area (Å²) in [6.07, 6.45) is -0.174. The van der Waals surface area contributed by atoms with Gasteiger partial charge < -0.3 is 19.5 Å². The number of hydrogen-bond donors (Lipinski definition) is 1. The van der Waals surface area contributed by atoms with Gasteiger partial charge in [0.1, 0.15) is 18.2 Å². The van der Waals surface area contributed by atoms with E-state index in [9.17, 15) is 9.59 Å². The van der Waals surface area contributed by atoms with Gasteiger partial charge in [-0.15, -0.1) is 0 Å². The number of esters is 1. The van der Waals surface area contributed by atoms with Crippen LogP contribution >= 0.6 is 0 Å². The standard InChI is InChI=1S/C20H30N2O5/c1-20(2,3)27-18(23)17(9-10-22-11-13-25-14-12-22)21-19(24)26-15-16-7-5-4-6-8-16/h4-8,17H,9-15H2,1-3H3,(H,21,24)/t17-/m0/s1. The summed E-state index contributed by atoms with van der Waals surface area (Å²) in [5.74, 6) is -0.451. The van der Waals surface area contributed by atoms with E-state index in [1.54, 1.807) is 20.8 Å². The summed E-state index contributed by atoms with van der Waals surface area (Å²) in [4.78, 5) is 26.9. The average molecular weight is 378 g/mol. The molecule has 0 spiro atoms. The maximum absolute atomic E-state index is 12.5. The molecule has 2 rings (SSSR count). The maximum Gasteiger partial charge on any atom is 0.408 e. The molecule has 27 heavy (non-hydrogen) atoms. The zero-order valence-electron chi connectivity index (χ0n) is 16.4. The number of alkyl carbamates (subject to hydrolysis) is 1. The fourth-order valence-corrected chi connectivity index (χ4v) is 2.67. The molecule has 1 aromatic rings. The molecule has 0 aromatic heterocycles. The SMILES string of the molecule is CC(C)(C)OC(=O)[C@H](CCN1CCOCC1)NC(=O)OCc1ccccc1. The molecule has 1 amide bonds. The van der Waals surface area contributed by atoms with Crippen LogP contribution in [0.2, 0.25) is 0 Å². The lowest BCUT2D eigenvalue weighted by Gasteiger charge is -2.29. The Kier molecular flexibility index (Phi) is 8.06. The highest BCUT2D eigenvalue weighted by molar-refractivity contribution is 5.81. The second-order valence-electron chi connectivity index (χ2n) is 7.53. The van der Waals surface area contributed by atoms with Gasteiger partial charge in [0.2, 0.25) is 0 Å². The summed E-state index contributed by atoms with van der Waals surface area (Å²) in [7, 11) is 0. The normalized spacial score (nSPS) is 16.4. The summed E-state index contributed by atoms with van der Waals surface area (Å²) in [5.41, 5.74) is 0.263. The molecule has 1 atom stereocenters. The Morgan fingerprint density at radius 2 is 1.85 bits per heavy atom. The summed E-state index contributed by atoms with van der Waals surface area (Å²) in [6, 6.07) is 8.64. The number of morpholine rings is 1. The van der Waals surface area contributed by atoms with E-state index >= 15 is 0 Å².